The van der Waals surface area contributed by atoms with Crippen LogP contribution in [0.4, 0.5) is 5.69 Å². The molecular formula is C21H20ClNO3S. The number of thioether (sulfide) groups is 1. The van der Waals surface area contributed by atoms with E-state index in [9.17, 15) is 9.59 Å². The number of hydrogen-bond donors (Lipinski definition) is 1. The molecule has 0 fully saturated rings. The van der Waals surface area contributed by atoms with E-state index in [2.05, 4.69) is 12.2 Å². The molecule has 0 atom stereocenters. The van der Waals surface area contributed by atoms with Gasteiger partial charge >= 0.3 is 5.63 Å². The van der Waals surface area contributed by atoms with Crippen LogP contribution in [0.25, 0.3) is 11.0 Å². The number of hydrogen-bond acceptors (Lipinski definition) is 4. The zero-order valence-electron chi connectivity index (χ0n) is 15.2. The highest BCUT2D eigenvalue weighted by molar-refractivity contribution is 7.99. The fraction of sp³-hybridized carbons (Fsp3) is 0.238. The number of nitrogens with one attached hydrogen (secondary N) is 1. The smallest absolute Gasteiger partial charge is 0.336 e. The molecule has 140 valence electrons. The van der Waals surface area contributed by atoms with Gasteiger partial charge in [-0.25, -0.2) is 4.79 Å². The Morgan fingerprint density at radius 3 is 2.74 bits per heavy atom. The van der Waals surface area contributed by atoms with Crippen molar-refractivity contribution < 1.29 is 9.21 Å². The zero-order valence-corrected chi connectivity index (χ0v) is 16.7. The molecule has 1 aromatic heterocycles. The van der Waals surface area contributed by atoms with Gasteiger partial charge in [-0.05, 0) is 54.3 Å². The standard InChI is InChI=1S/C21H20ClNO3S/c1-3-14-4-6-17-15(10-21(25)26-19(17)9-14)11-27-12-20(24)23-18-7-5-16(22)8-13(18)2/h4-10H,3,11-12H2,1-2H3,(H,23,24). The summed E-state index contributed by atoms with van der Waals surface area (Å²) in [5.74, 6) is 0.753. The molecule has 2 aromatic carbocycles. The van der Waals surface area contributed by atoms with Gasteiger partial charge in [0.25, 0.3) is 0 Å². The number of amides is 1. The normalized spacial score (nSPS) is 10.9. The number of halogens is 1. The summed E-state index contributed by atoms with van der Waals surface area (Å²) in [5.41, 5.74) is 3.89. The van der Waals surface area contributed by atoms with E-state index in [1.165, 1.54) is 17.8 Å². The molecule has 0 saturated heterocycles. The largest absolute Gasteiger partial charge is 0.423 e. The lowest BCUT2D eigenvalue weighted by Crippen LogP contribution is -2.15. The number of carbonyl (C=O) groups is 1. The van der Waals surface area contributed by atoms with Gasteiger partial charge in [-0.1, -0.05) is 30.7 Å². The summed E-state index contributed by atoms with van der Waals surface area (Å²) in [5, 5.41) is 4.44. The second-order valence-corrected chi connectivity index (χ2v) is 7.70. The summed E-state index contributed by atoms with van der Waals surface area (Å²) in [4.78, 5) is 24.0. The van der Waals surface area contributed by atoms with Crippen LogP contribution >= 0.6 is 23.4 Å². The van der Waals surface area contributed by atoms with Crippen LogP contribution in [0, 0.1) is 6.92 Å². The van der Waals surface area contributed by atoms with Crippen LogP contribution in [0.15, 0.2) is 51.7 Å². The maximum absolute atomic E-state index is 12.2. The highest BCUT2D eigenvalue weighted by Crippen LogP contribution is 2.24. The summed E-state index contributed by atoms with van der Waals surface area (Å²) < 4.78 is 5.32. The van der Waals surface area contributed by atoms with Crippen LogP contribution in [0.5, 0.6) is 0 Å². The van der Waals surface area contributed by atoms with Gasteiger partial charge in [-0.3, -0.25) is 4.79 Å². The lowest BCUT2D eigenvalue weighted by Gasteiger charge is -2.09. The molecule has 0 bridgehead atoms. The molecule has 0 saturated carbocycles. The molecule has 0 aliphatic rings. The molecule has 1 N–H and O–H groups in total. The van der Waals surface area contributed by atoms with Crippen molar-refractivity contribution in [3.63, 3.8) is 0 Å². The Balaban J connectivity index is 1.66. The Kier molecular flexibility index (Phi) is 6.24. The molecule has 4 nitrogen and oxygen atoms in total. The van der Waals surface area contributed by atoms with Crippen molar-refractivity contribution >= 4 is 45.9 Å². The summed E-state index contributed by atoms with van der Waals surface area (Å²) in [6.07, 6.45) is 0.878. The molecule has 3 aromatic rings. The highest BCUT2D eigenvalue weighted by Gasteiger charge is 2.09. The summed E-state index contributed by atoms with van der Waals surface area (Å²) in [6, 6.07) is 12.8. The van der Waals surface area contributed by atoms with Crippen molar-refractivity contribution in [1.82, 2.24) is 0 Å². The average molecular weight is 402 g/mol. The third kappa shape index (κ3) is 4.93. The number of carbonyl (C=O) groups excluding carboxylic acids is 1. The van der Waals surface area contributed by atoms with Crippen LogP contribution in [0.3, 0.4) is 0 Å². The number of rotatable bonds is 6. The molecule has 27 heavy (non-hydrogen) atoms. The molecule has 0 aliphatic carbocycles. The minimum Gasteiger partial charge on any atom is -0.423 e. The second kappa shape index (κ2) is 8.63. The first-order chi connectivity index (χ1) is 13.0. The van der Waals surface area contributed by atoms with Gasteiger partial charge in [0, 0.05) is 27.9 Å². The minimum atomic E-state index is -0.368. The van der Waals surface area contributed by atoms with Gasteiger partial charge in [-0.15, -0.1) is 11.8 Å². The Morgan fingerprint density at radius 2 is 2.00 bits per heavy atom. The van der Waals surface area contributed by atoms with Crippen molar-refractivity contribution in [2.75, 3.05) is 11.1 Å². The van der Waals surface area contributed by atoms with E-state index in [1.54, 1.807) is 12.1 Å². The predicted octanol–water partition coefficient (Wildman–Crippen LogP) is 5.19. The SMILES string of the molecule is CCc1ccc2c(CSCC(=O)Nc3ccc(Cl)cc3C)cc(=O)oc2c1. The molecular weight excluding hydrogens is 382 g/mol. The molecule has 0 radical (unpaired) electrons. The van der Waals surface area contributed by atoms with Crippen molar-refractivity contribution in [1.29, 1.82) is 0 Å². The Bertz CT molecular complexity index is 1050. The second-order valence-electron chi connectivity index (χ2n) is 6.27. The molecule has 0 spiro atoms. The summed E-state index contributed by atoms with van der Waals surface area (Å²) >= 11 is 7.39. The van der Waals surface area contributed by atoms with E-state index in [-0.39, 0.29) is 17.3 Å². The van der Waals surface area contributed by atoms with E-state index in [4.69, 9.17) is 16.0 Å². The van der Waals surface area contributed by atoms with Crippen LogP contribution in [0.2, 0.25) is 5.02 Å². The molecule has 1 heterocycles. The Labute approximate surface area is 166 Å². The summed E-state index contributed by atoms with van der Waals surface area (Å²) in [6.45, 7) is 3.95. The first kappa shape index (κ1) is 19.5. The summed E-state index contributed by atoms with van der Waals surface area (Å²) in [7, 11) is 0. The number of fused-ring (bicyclic) bond motifs is 1. The van der Waals surface area contributed by atoms with E-state index in [0.717, 1.165) is 34.2 Å². The fourth-order valence-electron chi connectivity index (χ4n) is 2.82. The third-order valence-electron chi connectivity index (χ3n) is 4.26. The highest BCUT2D eigenvalue weighted by atomic mass is 35.5. The molecule has 1 amide bonds. The van der Waals surface area contributed by atoms with Crippen molar-refractivity contribution in [3.05, 3.63) is 74.6 Å². The minimum absolute atomic E-state index is 0.0917. The number of benzene rings is 2. The average Bonchev–Trinajstić information content (AvgIpc) is 2.63. The monoisotopic (exact) mass is 401 g/mol. The molecule has 6 heteroatoms. The van der Waals surface area contributed by atoms with E-state index >= 15 is 0 Å². The fourth-order valence-corrected chi connectivity index (χ4v) is 3.87. The van der Waals surface area contributed by atoms with Crippen molar-refractivity contribution in [2.24, 2.45) is 0 Å². The van der Waals surface area contributed by atoms with E-state index in [0.29, 0.717) is 16.4 Å². The molecule has 0 unspecified atom stereocenters. The lowest BCUT2D eigenvalue weighted by atomic mass is 10.1. The predicted molar refractivity (Wildman–Crippen MR) is 113 cm³/mol. The van der Waals surface area contributed by atoms with Gasteiger partial charge in [0.05, 0.1) is 5.75 Å². The number of anilines is 1. The van der Waals surface area contributed by atoms with Gasteiger partial charge in [-0.2, -0.15) is 0 Å². The quantitative estimate of drug-likeness (QED) is 0.577. The zero-order chi connectivity index (χ0) is 19.4. The van der Waals surface area contributed by atoms with Gasteiger partial charge in [0.15, 0.2) is 0 Å². The maximum atomic E-state index is 12.2. The van der Waals surface area contributed by atoms with E-state index in [1.807, 2.05) is 31.2 Å². The lowest BCUT2D eigenvalue weighted by molar-refractivity contribution is -0.113. The Hall–Kier alpha value is -2.24. The van der Waals surface area contributed by atoms with Crippen LogP contribution in [-0.4, -0.2) is 11.7 Å². The van der Waals surface area contributed by atoms with Gasteiger partial charge < -0.3 is 9.73 Å². The first-order valence-electron chi connectivity index (χ1n) is 8.65. The van der Waals surface area contributed by atoms with Crippen LogP contribution < -0.4 is 10.9 Å². The number of aryl methyl sites for hydroxylation is 2. The third-order valence-corrected chi connectivity index (χ3v) is 5.47. The van der Waals surface area contributed by atoms with E-state index < -0.39 is 0 Å². The molecule has 3 rings (SSSR count). The van der Waals surface area contributed by atoms with Crippen molar-refractivity contribution in [2.45, 2.75) is 26.0 Å². The Morgan fingerprint density at radius 1 is 1.19 bits per heavy atom. The van der Waals surface area contributed by atoms with Gasteiger partial charge in [0.2, 0.25) is 5.91 Å². The first-order valence-corrected chi connectivity index (χ1v) is 10.2. The topological polar surface area (TPSA) is 59.3 Å². The van der Waals surface area contributed by atoms with Crippen LogP contribution in [-0.2, 0) is 17.0 Å². The molecule has 0 aliphatic heterocycles. The van der Waals surface area contributed by atoms with Gasteiger partial charge in [0.1, 0.15) is 5.58 Å². The maximum Gasteiger partial charge on any atom is 0.336 e. The van der Waals surface area contributed by atoms with Crippen molar-refractivity contribution in [3.8, 4) is 0 Å². The van der Waals surface area contributed by atoms with Crippen LogP contribution in [0.1, 0.15) is 23.6 Å².